The Morgan fingerprint density at radius 2 is 2.00 bits per heavy atom. The number of aliphatic hydroxyl groups is 1. The highest BCUT2D eigenvalue weighted by Crippen LogP contribution is 2.35. The zero-order chi connectivity index (χ0) is 15.7. The van der Waals surface area contributed by atoms with Gasteiger partial charge in [0.05, 0.1) is 1.37 Å². The zero-order valence-corrected chi connectivity index (χ0v) is 12.4. The number of esters is 1. The molecule has 114 valence electrons. The molecule has 0 aliphatic carbocycles. The highest BCUT2D eigenvalue weighted by atomic mass is 16.6. The van der Waals surface area contributed by atoms with Gasteiger partial charge in [-0.2, -0.15) is 0 Å². The van der Waals surface area contributed by atoms with E-state index in [1.54, 1.807) is 12.1 Å². The molecule has 0 radical (unpaired) electrons. The molecule has 0 amide bonds. The number of hydrogen-bond acceptors (Lipinski definition) is 4. The van der Waals surface area contributed by atoms with Crippen LogP contribution in [0.5, 0.6) is 0 Å². The molecule has 2 aliphatic heterocycles. The van der Waals surface area contributed by atoms with Crippen molar-refractivity contribution in [3.63, 3.8) is 0 Å². The van der Waals surface area contributed by atoms with Crippen LogP contribution in [0.3, 0.4) is 0 Å². The molecule has 0 aromatic heterocycles. The molecule has 4 nitrogen and oxygen atoms in total. The third kappa shape index (κ3) is 3.27. The summed E-state index contributed by atoms with van der Waals surface area (Å²) in [5.41, 5.74) is 0.750. The van der Waals surface area contributed by atoms with Crippen LogP contribution in [0.4, 0.5) is 0 Å². The Kier molecular flexibility index (Phi) is 3.90. The van der Waals surface area contributed by atoms with E-state index in [1.165, 1.54) is 0 Å². The summed E-state index contributed by atoms with van der Waals surface area (Å²) in [6.45, 7) is 0. The van der Waals surface area contributed by atoms with Gasteiger partial charge in [0.15, 0.2) is 6.08 Å². The molecule has 2 unspecified atom stereocenters. The third-order valence-corrected chi connectivity index (χ3v) is 4.78. The summed E-state index contributed by atoms with van der Waals surface area (Å²) >= 11 is 0. The van der Waals surface area contributed by atoms with Gasteiger partial charge in [-0.15, -0.1) is 0 Å². The molecule has 2 aliphatic rings. The van der Waals surface area contributed by atoms with Gasteiger partial charge < -0.3 is 14.7 Å². The van der Waals surface area contributed by atoms with Crippen molar-refractivity contribution < 1.29 is 16.0 Å². The van der Waals surface area contributed by atoms with Gasteiger partial charge in [0, 0.05) is 18.5 Å². The highest BCUT2D eigenvalue weighted by Gasteiger charge is 2.40. The molecule has 1 N–H and O–H groups in total. The second kappa shape index (κ2) is 6.16. The van der Waals surface area contributed by atoms with E-state index in [0.29, 0.717) is 12.1 Å². The fraction of sp³-hybridized carbons (Fsp3) is 0.588. The Labute approximate surface area is 127 Å². The van der Waals surface area contributed by atoms with E-state index >= 15 is 0 Å². The van der Waals surface area contributed by atoms with Crippen LogP contribution < -0.4 is 0 Å². The second-order valence-corrected chi connectivity index (χ2v) is 6.16. The number of benzene rings is 1. The molecular formula is C17H23NO3. The lowest BCUT2D eigenvalue weighted by Crippen LogP contribution is -2.44. The number of ether oxygens (including phenoxy) is 1. The second-order valence-electron chi connectivity index (χ2n) is 6.16. The molecule has 2 bridgehead atoms. The minimum atomic E-state index is -2.22. The third-order valence-electron chi connectivity index (χ3n) is 4.78. The lowest BCUT2D eigenvalue weighted by Gasteiger charge is -2.36. The van der Waals surface area contributed by atoms with E-state index in [-0.39, 0.29) is 12.5 Å². The maximum Gasteiger partial charge on any atom is 0.335 e. The first-order chi connectivity index (χ1) is 10.5. The maximum absolute atomic E-state index is 12.2. The number of nitrogens with zero attached hydrogens (tertiary/aromatic N) is 1. The van der Waals surface area contributed by atoms with Gasteiger partial charge in [0.1, 0.15) is 6.10 Å². The van der Waals surface area contributed by atoms with Crippen LogP contribution >= 0.6 is 0 Å². The van der Waals surface area contributed by atoms with Crippen molar-refractivity contribution in [3.8, 4) is 0 Å². The topological polar surface area (TPSA) is 49.8 Å². The van der Waals surface area contributed by atoms with Crippen LogP contribution in [-0.2, 0) is 16.0 Å². The van der Waals surface area contributed by atoms with Gasteiger partial charge in [-0.3, -0.25) is 0 Å². The Morgan fingerprint density at radius 3 is 2.62 bits per heavy atom. The van der Waals surface area contributed by atoms with Crippen LogP contribution in [0.1, 0.15) is 32.6 Å². The molecule has 4 atom stereocenters. The molecule has 1 aromatic carbocycles. The fourth-order valence-corrected chi connectivity index (χ4v) is 3.54. The SMILES string of the molecule is [2H][13C](O)(Cc1ccccc1)C(=O)OC1C[C@H]2CC[C@@H](C1)N2C. The number of carbonyl (C=O) groups excluding carboxylic acids is 1. The molecular weight excluding hydrogens is 267 g/mol. The van der Waals surface area contributed by atoms with Crippen LogP contribution in [0.25, 0.3) is 0 Å². The van der Waals surface area contributed by atoms with E-state index in [2.05, 4.69) is 11.9 Å². The van der Waals surface area contributed by atoms with Gasteiger partial charge >= 0.3 is 5.97 Å². The van der Waals surface area contributed by atoms with Crippen LogP contribution in [0.15, 0.2) is 30.3 Å². The van der Waals surface area contributed by atoms with Gasteiger partial charge in [0.2, 0.25) is 0 Å². The predicted molar refractivity (Wildman–Crippen MR) is 79.8 cm³/mol. The first-order valence-electron chi connectivity index (χ1n) is 8.15. The molecule has 21 heavy (non-hydrogen) atoms. The van der Waals surface area contributed by atoms with E-state index in [0.717, 1.165) is 31.2 Å². The summed E-state index contributed by atoms with van der Waals surface area (Å²) in [5.74, 6) is -0.828. The smallest absolute Gasteiger partial charge is 0.335 e. The van der Waals surface area contributed by atoms with E-state index in [1.807, 2.05) is 18.2 Å². The molecule has 0 spiro atoms. The van der Waals surface area contributed by atoms with E-state index in [4.69, 9.17) is 6.11 Å². The lowest BCUT2D eigenvalue weighted by atomic mass is 10.0. The molecule has 4 heteroatoms. The Bertz CT molecular complexity index is 520. The quantitative estimate of drug-likeness (QED) is 0.678. The normalized spacial score (nSPS) is 32.3. The summed E-state index contributed by atoms with van der Waals surface area (Å²) in [6, 6.07) is 10.0. The first-order valence-corrected chi connectivity index (χ1v) is 7.65. The number of carbonyl (C=O) groups is 1. The van der Waals surface area contributed by atoms with Crippen LogP contribution in [0, 0.1) is 0 Å². The number of piperidine rings is 1. The largest absolute Gasteiger partial charge is 0.460 e. The minimum absolute atomic E-state index is 0.0495. The summed E-state index contributed by atoms with van der Waals surface area (Å²) < 4.78 is 13.4. The van der Waals surface area contributed by atoms with Gasteiger partial charge in [0.25, 0.3) is 0 Å². The van der Waals surface area contributed by atoms with Crippen LogP contribution in [0.2, 0.25) is 0 Å². The van der Waals surface area contributed by atoms with Crippen molar-refractivity contribution >= 4 is 5.97 Å². The monoisotopic (exact) mass is 291 g/mol. The van der Waals surface area contributed by atoms with Gasteiger partial charge in [-0.1, -0.05) is 30.3 Å². The zero-order valence-electron chi connectivity index (χ0n) is 13.4. The highest BCUT2D eigenvalue weighted by molar-refractivity contribution is 5.75. The molecule has 2 saturated heterocycles. The van der Waals surface area contributed by atoms with Crippen molar-refractivity contribution in [3.05, 3.63) is 35.9 Å². The van der Waals surface area contributed by atoms with Gasteiger partial charge in [-0.25, -0.2) is 4.79 Å². The standard InChI is InChI=1S/C17H23NO3/c1-18-13-7-8-14(18)11-15(10-13)21-17(20)16(19)9-12-5-3-2-4-6-12/h2-6,13-16,19H,7-11H2,1H3/t13-,14+,15?,16?/i16+1D. The van der Waals surface area contributed by atoms with Crippen molar-refractivity contribution in [1.82, 2.24) is 4.90 Å². The van der Waals surface area contributed by atoms with Crippen molar-refractivity contribution in [2.24, 2.45) is 0 Å². The molecule has 2 heterocycles. The number of rotatable bonds is 4. The average molecular weight is 291 g/mol. The average Bonchev–Trinajstić information content (AvgIpc) is 2.70. The fourth-order valence-electron chi connectivity index (χ4n) is 3.54. The van der Waals surface area contributed by atoms with Crippen molar-refractivity contribution in [2.75, 3.05) is 7.05 Å². The number of fused-ring (bicyclic) bond motifs is 2. The predicted octanol–water partition coefficient (Wildman–Crippen LogP) is 1.76. The molecule has 1 aromatic rings. The van der Waals surface area contributed by atoms with Crippen molar-refractivity contribution in [1.29, 1.82) is 0 Å². The van der Waals surface area contributed by atoms with Crippen LogP contribution in [-0.4, -0.2) is 47.3 Å². The number of hydrogen-bond donors (Lipinski definition) is 1. The Hall–Kier alpha value is -1.39. The molecule has 3 rings (SSSR count). The summed E-state index contributed by atoms with van der Waals surface area (Å²) in [6.07, 6.45) is 1.46. The van der Waals surface area contributed by atoms with Gasteiger partial charge in [-0.05, 0) is 38.3 Å². The summed E-state index contributed by atoms with van der Waals surface area (Å²) in [7, 11) is 2.12. The maximum atomic E-state index is 12.2. The minimum Gasteiger partial charge on any atom is -0.460 e. The summed E-state index contributed by atoms with van der Waals surface area (Å²) in [5, 5.41) is 10.1. The summed E-state index contributed by atoms with van der Waals surface area (Å²) in [4.78, 5) is 14.5. The Morgan fingerprint density at radius 1 is 1.38 bits per heavy atom. The van der Waals surface area contributed by atoms with E-state index in [9.17, 15) is 9.90 Å². The molecule has 2 fully saturated rings. The lowest BCUT2D eigenvalue weighted by molar-refractivity contribution is -0.162. The van der Waals surface area contributed by atoms with Crippen molar-refractivity contribution in [2.45, 2.75) is 56.4 Å². The van der Waals surface area contributed by atoms with E-state index < -0.39 is 12.0 Å². The Balaban J connectivity index is 1.59. The molecule has 0 saturated carbocycles. The first kappa shape index (κ1) is 13.3.